The zero-order chi connectivity index (χ0) is 13.2. The molecule has 1 aromatic carbocycles. The number of piperidine rings is 1. The lowest BCUT2D eigenvalue weighted by molar-refractivity contribution is -0.150. The Morgan fingerprint density at radius 1 is 1.44 bits per heavy atom. The molecule has 3 nitrogen and oxygen atoms in total. The Hall–Kier alpha value is -0.770. The van der Waals surface area contributed by atoms with Gasteiger partial charge in [-0.05, 0) is 37.4 Å². The van der Waals surface area contributed by atoms with Crippen molar-refractivity contribution in [2.45, 2.75) is 19.3 Å². The molecule has 18 heavy (non-hydrogen) atoms. The number of rotatable bonds is 3. The van der Waals surface area contributed by atoms with Crippen molar-refractivity contribution in [3.05, 3.63) is 33.8 Å². The predicted molar refractivity (Wildman–Crippen MR) is 72.3 cm³/mol. The highest BCUT2D eigenvalue weighted by atomic mass is 35.5. The fraction of sp³-hybridized carbons (Fsp3) is 0.462. The molecule has 1 aliphatic rings. The molecule has 1 unspecified atom stereocenters. The highest BCUT2D eigenvalue weighted by Crippen LogP contribution is 2.35. The first-order valence-corrected chi connectivity index (χ1v) is 6.68. The second-order valence-electron chi connectivity index (χ2n) is 4.76. The van der Waals surface area contributed by atoms with E-state index in [-0.39, 0.29) is 0 Å². The number of carbonyl (C=O) groups is 1. The van der Waals surface area contributed by atoms with Crippen LogP contribution in [-0.2, 0) is 11.2 Å². The first kappa shape index (κ1) is 13.7. The molecule has 2 rings (SSSR count). The molecular formula is C13H15Cl2NO2. The summed E-state index contributed by atoms with van der Waals surface area (Å²) in [5.74, 6) is -0.772. The van der Waals surface area contributed by atoms with Gasteiger partial charge >= 0.3 is 5.97 Å². The van der Waals surface area contributed by atoms with Crippen LogP contribution in [0, 0.1) is 5.41 Å². The van der Waals surface area contributed by atoms with Crippen molar-refractivity contribution in [1.82, 2.24) is 5.32 Å². The van der Waals surface area contributed by atoms with E-state index in [1.54, 1.807) is 12.1 Å². The number of nitrogens with one attached hydrogen (secondary N) is 1. The Bertz CT molecular complexity index is 456. The van der Waals surface area contributed by atoms with Crippen LogP contribution < -0.4 is 5.32 Å². The minimum absolute atomic E-state index is 0.411. The van der Waals surface area contributed by atoms with Gasteiger partial charge in [-0.2, -0.15) is 0 Å². The molecule has 1 fully saturated rings. The second kappa shape index (κ2) is 5.47. The molecule has 0 radical (unpaired) electrons. The summed E-state index contributed by atoms with van der Waals surface area (Å²) in [6, 6.07) is 5.35. The molecule has 0 aliphatic carbocycles. The molecule has 0 saturated carbocycles. The third-order valence-corrected chi connectivity index (χ3v) is 4.34. The summed E-state index contributed by atoms with van der Waals surface area (Å²) in [6.45, 7) is 1.35. The molecule has 1 aliphatic heterocycles. The average molecular weight is 288 g/mol. The quantitative estimate of drug-likeness (QED) is 0.899. The summed E-state index contributed by atoms with van der Waals surface area (Å²) in [4.78, 5) is 11.6. The van der Waals surface area contributed by atoms with E-state index >= 15 is 0 Å². The number of hydrogen-bond acceptors (Lipinski definition) is 2. The number of carboxylic acid groups (broad SMARTS) is 1. The Kier molecular flexibility index (Phi) is 4.15. The molecule has 1 saturated heterocycles. The lowest BCUT2D eigenvalue weighted by Gasteiger charge is -2.34. The summed E-state index contributed by atoms with van der Waals surface area (Å²) in [5.41, 5.74) is 0.0299. The van der Waals surface area contributed by atoms with Gasteiger partial charge in [0.1, 0.15) is 0 Å². The first-order valence-electron chi connectivity index (χ1n) is 5.92. The fourth-order valence-electron chi connectivity index (χ4n) is 2.43. The van der Waals surface area contributed by atoms with Crippen LogP contribution in [0.2, 0.25) is 10.0 Å². The molecule has 1 heterocycles. The lowest BCUT2D eigenvalue weighted by atomic mass is 9.76. The number of hydrogen-bond donors (Lipinski definition) is 2. The maximum absolute atomic E-state index is 11.6. The second-order valence-corrected chi connectivity index (χ2v) is 5.54. The molecule has 2 N–H and O–H groups in total. The van der Waals surface area contributed by atoms with Crippen molar-refractivity contribution >= 4 is 29.2 Å². The number of carboxylic acids is 1. The smallest absolute Gasteiger partial charge is 0.311 e. The highest BCUT2D eigenvalue weighted by Gasteiger charge is 2.40. The van der Waals surface area contributed by atoms with E-state index in [1.807, 2.05) is 6.07 Å². The van der Waals surface area contributed by atoms with Crippen molar-refractivity contribution in [1.29, 1.82) is 0 Å². The first-order chi connectivity index (χ1) is 8.55. The van der Waals surface area contributed by atoms with Crippen molar-refractivity contribution in [2.75, 3.05) is 13.1 Å². The van der Waals surface area contributed by atoms with E-state index in [1.165, 1.54) is 0 Å². The van der Waals surface area contributed by atoms with Crippen LogP contribution in [0.15, 0.2) is 18.2 Å². The third kappa shape index (κ3) is 2.63. The molecule has 0 amide bonds. The minimum atomic E-state index is -0.772. The van der Waals surface area contributed by atoms with Crippen LogP contribution >= 0.6 is 23.2 Å². The van der Waals surface area contributed by atoms with Gasteiger partial charge in [0.25, 0.3) is 0 Å². The van der Waals surface area contributed by atoms with Gasteiger partial charge in [-0.3, -0.25) is 4.79 Å². The standard InChI is InChI=1S/C13H15Cl2NO2/c14-10-4-1-3-9(11(10)15)7-13(12(17)18)5-2-6-16-8-13/h1,3-4,16H,2,5-8H2,(H,17,18). The van der Waals surface area contributed by atoms with Crippen LogP contribution in [0.5, 0.6) is 0 Å². The van der Waals surface area contributed by atoms with Gasteiger partial charge in [0.2, 0.25) is 0 Å². The van der Waals surface area contributed by atoms with Gasteiger partial charge in [0.05, 0.1) is 15.5 Å². The summed E-state index contributed by atoms with van der Waals surface area (Å²) >= 11 is 12.1. The summed E-state index contributed by atoms with van der Waals surface area (Å²) in [6.07, 6.45) is 1.94. The van der Waals surface area contributed by atoms with Gasteiger partial charge < -0.3 is 10.4 Å². The van der Waals surface area contributed by atoms with Gasteiger partial charge in [0.15, 0.2) is 0 Å². The zero-order valence-corrected chi connectivity index (χ0v) is 11.4. The van der Waals surface area contributed by atoms with Gasteiger partial charge in [-0.15, -0.1) is 0 Å². The Morgan fingerprint density at radius 3 is 2.83 bits per heavy atom. The molecule has 1 atom stereocenters. The molecule has 0 aromatic heterocycles. The number of aliphatic carboxylic acids is 1. The fourth-order valence-corrected chi connectivity index (χ4v) is 2.81. The van der Waals surface area contributed by atoms with Crippen LogP contribution in [0.4, 0.5) is 0 Å². The molecule has 0 bridgehead atoms. The van der Waals surface area contributed by atoms with Crippen LogP contribution in [0.25, 0.3) is 0 Å². The molecule has 5 heteroatoms. The van der Waals surface area contributed by atoms with E-state index in [4.69, 9.17) is 23.2 Å². The van der Waals surface area contributed by atoms with Crippen LogP contribution in [0.1, 0.15) is 18.4 Å². The Labute approximate surface area is 116 Å². The van der Waals surface area contributed by atoms with Crippen molar-refractivity contribution in [2.24, 2.45) is 5.41 Å². The van der Waals surface area contributed by atoms with Crippen molar-refractivity contribution in [3.8, 4) is 0 Å². The topological polar surface area (TPSA) is 49.3 Å². The maximum Gasteiger partial charge on any atom is 0.311 e. The summed E-state index contributed by atoms with van der Waals surface area (Å²) in [5, 5.41) is 13.6. The van der Waals surface area contributed by atoms with Crippen LogP contribution in [0.3, 0.4) is 0 Å². The van der Waals surface area contributed by atoms with E-state index in [9.17, 15) is 9.90 Å². The summed E-state index contributed by atoms with van der Waals surface area (Å²) in [7, 11) is 0. The Morgan fingerprint density at radius 2 is 2.22 bits per heavy atom. The third-order valence-electron chi connectivity index (χ3n) is 3.49. The molecular weight excluding hydrogens is 273 g/mol. The average Bonchev–Trinajstić information content (AvgIpc) is 2.36. The van der Waals surface area contributed by atoms with E-state index < -0.39 is 11.4 Å². The van der Waals surface area contributed by atoms with Gasteiger partial charge in [0, 0.05) is 6.54 Å². The van der Waals surface area contributed by atoms with E-state index in [2.05, 4.69) is 5.32 Å². The normalized spacial score (nSPS) is 23.9. The van der Waals surface area contributed by atoms with Crippen molar-refractivity contribution in [3.63, 3.8) is 0 Å². The van der Waals surface area contributed by atoms with Gasteiger partial charge in [-0.25, -0.2) is 0 Å². The maximum atomic E-state index is 11.6. The summed E-state index contributed by atoms with van der Waals surface area (Å²) < 4.78 is 0. The molecule has 98 valence electrons. The molecule has 1 aromatic rings. The predicted octanol–water partition coefficient (Wildman–Crippen LogP) is 2.99. The zero-order valence-electron chi connectivity index (χ0n) is 9.88. The van der Waals surface area contributed by atoms with Gasteiger partial charge in [-0.1, -0.05) is 35.3 Å². The molecule has 0 spiro atoms. The minimum Gasteiger partial charge on any atom is -0.481 e. The largest absolute Gasteiger partial charge is 0.481 e. The SMILES string of the molecule is O=C(O)C1(Cc2cccc(Cl)c2Cl)CCCNC1. The number of halogens is 2. The Balaban J connectivity index is 2.29. The highest BCUT2D eigenvalue weighted by molar-refractivity contribution is 6.42. The lowest BCUT2D eigenvalue weighted by Crippen LogP contribution is -2.47. The van der Waals surface area contributed by atoms with E-state index in [0.29, 0.717) is 29.4 Å². The van der Waals surface area contributed by atoms with Crippen molar-refractivity contribution < 1.29 is 9.90 Å². The van der Waals surface area contributed by atoms with E-state index in [0.717, 1.165) is 18.5 Å². The number of benzene rings is 1. The monoisotopic (exact) mass is 287 g/mol. The van der Waals surface area contributed by atoms with Crippen LogP contribution in [-0.4, -0.2) is 24.2 Å².